The average molecular weight is 759 g/mol. The normalized spacial score (nSPS) is 33.2. The minimum Gasteiger partial charge on any atom is -0.467 e. The SMILES string of the molecule is COC(=O)CO[C@@H]1C(N=[N+]=[N-])C(C)OC2COC(c3ccccc3)O[C@H]21.COC(=O)CO[C@@H]1C(N=[N+]=[N-])[C@H](SC)OC2COC(c3ccccc3)O[C@H]21. The number of azide groups is 2. The highest BCUT2D eigenvalue weighted by atomic mass is 32.2. The molecule has 0 aromatic heterocycles. The van der Waals surface area contributed by atoms with E-state index in [0.717, 1.165) is 11.1 Å². The summed E-state index contributed by atoms with van der Waals surface area (Å²) in [5.41, 5.74) is 19.1. The van der Waals surface area contributed by atoms with Crippen LogP contribution in [0.5, 0.6) is 0 Å². The zero-order chi connectivity index (χ0) is 37.7. The highest BCUT2D eigenvalue weighted by Gasteiger charge is 2.51. The molecule has 53 heavy (non-hydrogen) atoms. The lowest BCUT2D eigenvalue weighted by atomic mass is 9.93. The van der Waals surface area contributed by atoms with Crippen molar-refractivity contribution in [3.63, 3.8) is 0 Å². The predicted molar refractivity (Wildman–Crippen MR) is 186 cm³/mol. The first-order chi connectivity index (χ1) is 25.8. The Kier molecular flexibility index (Phi) is 15.1. The van der Waals surface area contributed by atoms with Crippen molar-refractivity contribution in [1.82, 2.24) is 0 Å². The average Bonchev–Trinajstić information content (AvgIpc) is 3.20. The maximum atomic E-state index is 11.6. The predicted octanol–water partition coefficient (Wildman–Crippen LogP) is 4.55. The highest BCUT2D eigenvalue weighted by Crippen LogP contribution is 2.39. The Labute approximate surface area is 309 Å². The molecule has 0 saturated carbocycles. The molecule has 4 aliphatic rings. The number of fused-ring (bicyclic) bond motifs is 2. The van der Waals surface area contributed by atoms with Gasteiger partial charge in [-0.15, -0.1) is 11.8 Å². The van der Waals surface area contributed by atoms with Crippen LogP contribution in [-0.4, -0.2) is 119 Å². The second-order valence-corrected chi connectivity index (χ2v) is 13.0. The molecule has 4 saturated heterocycles. The van der Waals surface area contributed by atoms with Crippen molar-refractivity contribution in [3.05, 3.63) is 92.7 Å². The van der Waals surface area contributed by atoms with E-state index >= 15 is 0 Å². The van der Waals surface area contributed by atoms with E-state index in [-0.39, 0.29) is 13.2 Å². The number of methoxy groups -OCH3 is 2. The molecule has 0 spiro atoms. The Morgan fingerprint density at radius 3 is 1.64 bits per heavy atom. The maximum Gasteiger partial charge on any atom is 0.331 e. The fourth-order valence-corrected chi connectivity index (χ4v) is 7.06. The van der Waals surface area contributed by atoms with Crippen LogP contribution in [-0.2, 0) is 57.0 Å². The number of hydrogen-bond donors (Lipinski definition) is 0. The molecule has 12 atom stereocenters. The fourth-order valence-electron chi connectivity index (χ4n) is 6.32. The van der Waals surface area contributed by atoms with Gasteiger partial charge in [0, 0.05) is 21.0 Å². The van der Waals surface area contributed by atoms with Crippen LogP contribution in [0.1, 0.15) is 30.6 Å². The molecule has 0 amide bonds. The van der Waals surface area contributed by atoms with Crippen molar-refractivity contribution in [2.45, 2.75) is 79.8 Å². The van der Waals surface area contributed by atoms with Crippen LogP contribution >= 0.6 is 11.8 Å². The molecule has 4 heterocycles. The molecule has 2 aromatic rings. The summed E-state index contributed by atoms with van der Waals surface area (Å²) in [5.74, 6) is -1.04. The third-order valence-corrected chi connectivity index (χ3v) is 9.74. The molecule has 2 aromatic carbocycles. The first kappa shape index (κ1) is 40.2. The van der Waals surface area contributed by atoms with Crippen LogP contribution < -0.4 is 0 Å². The van der Waals surface area contributed by atoms with Crippen LogP contribution in [0.2, 0.25) is 0 Å². The van der Waals surface area contributed by atoms with Gasteiger partial charge in [-0.05, 0) is 24.2 Å². The zero-order valence-electron chi connectivity index (χ0n) is 29.5. The summed E-state index contributed by atoms with van der Waals surface area (Å²) in [6.45, 7) is 1.84. The van der Waals surface area contributed by atoms with Crippen LogP contribution in [0.4, 0.5) is 0 Å². The number of hydrogen-bond acceptors (Lipinski definition) is 15. The zero-order valence-corrected chi connectivity index (χ0v) is 30.3. The standard InChI is InChI=1S/C17H21N3O6S.C17H21N3O6/c1-22-12(21)9-23-15-13(19-20-18)17(27-2)25-11-8-24-16(26-14(11)15)10-6-4-3-5-7-10;1-10-14(19-20-18)16(23-9-13(21)22-2)15-12(25-10)8-24-17(26-15)11-6-4-3-5-7-11/h3-7,11,13-17H,8-9H2,1-2H3;3-7,10,12,14-17H,8-9H2,1-2H3/t11?,13?,14-,15-,16?,17+;10?,12?,14?,15-,16-,17?/m11/s1. The smallest absolute Gasteiger partial charge is 0.331 e. The number of esters is 2. The number of nitrogens with zero attached hydrogens (tertiary/aromatic N) is 6. The third kappa shape index (κ3) is 10.2. The van der Waals surface area contributed by atoms with Crippen LogP contribution in [0.15, 0.2) is 70.9 Å². The number of thioether (sulfide) groups is 1. The lowest BCUT2D eigenvalue weighted by molar-refractivity contribution is -0.316. The van der Waals surface area contributed by atoms with Gasteiger partial charge in [0.15, 0.2) is 12.6 Å². The van der Waals surface area contributed by atoms with Crippen molar-refractivity contribution >= 4 is 23.7 Å². The van der Waals surface area contributed by atoms with Crippen LogP contribution in [0.25, 0.3) is 20.9 Å². The highest BCUT2D eigenvalue weighted by molar-refractivity contribution is 7.99. The van der Waals surface area contributed by atoms with Gasteiger partial charge in [-0.2, -0.15) is 0 Å². The van der Waals surface area contributed by atoms with Gasteiger partial charge in [-0.3, -0.25) is 0 Å². The number of rotatable bonds is 11. The molecule has 19 heteroatoms. The number of ether oxygens (including phenoxy) is 10. The number of benzene rings is 2. The van der Waals surface area contributed by atoms with Crippen molar-refractivity contribution < 1.29 is 57.0 Å². The van der Waals surface area contributed by atoms with Crippen molar-refractivity contribution in [2.75, 3.05) is 46.9 Å². The number of carbonyl (C=O) groups excluding carboxylic acids is 2. The molecule has 18 nitrogen and oxygen atoms in total. The van der Waals surface area contributed by atoms with E-state index in [1.807, 2.05) is 66.9 Å². The Morgan fingerprint density at radius 2 is 1.19 bits per heavy atom. The van der Waals surface area contributed by atoms with E-state index in [1.165, 1.54) is 26.0 Å². The van der Waals surface area contributed by atoms with Gasteiger partial charge in [0.1, 0.15) is 49.1 Å². The van der Waals surface area contributed by atoms with E-state index in [1.54, 1.807) is 6.92 Å². The van der Waals surface area contributed by atoms with E-state index in [2.05, 4.69) is 29.5 Å². The molecule has 7 unspecified atom stereocenters. The Morgan fingerprint density at radius 1 is 0.736 bits per heavy atom. The summed E-state index contributed by atoms with van der Waals surface area (Å²) in [7, 11) is 2.56. The van der Waals surface area contributed by atoms with Gasteiger partial charge in [-0.1, -0.05) is 70.9 Å². The third-order valence-electron chi connectivity index (χ3n) is 8.89. The largest absolute Gasteiger partial charge is 0.467 e. The van der Waals surface area contributed by atoms with Gasteiger partial charge in [0.05, 0.1) is 51.8 Å². The summed E-state index contributed by atoms with van der Waals surface area (Å²) < 4.78 is 56.4. The topological polar surface area (TPSA) is 224 Å². The lowest BCUT2D eigenvalue weighted by Gasteiger charge is -2.47. The molecule has 6 rings (SSSR count). The minimum atomic E-state index is -0.675. The van der Waals surface area contributed by atoms with E-state index < -0.39 is 84.8 Å². The Hall–Kier alpha value is -3.97. The molecular formula is C34H42N6O12S. The summed E-state index contributed by atoms with van der Waals surface area (Å²) in [6, 6.07) is 17.7. The number of carbonyl (C=O) groups is 2. The van der Waals surface area contributed by atoms with Crippen molar-refractivity contribution in [1.29, 1.82) is 0 Å². The quantitative estimate of drug-likeness (QED) is 0.133. The van der Waals surface area contributed by atoms with Gasteiger partial charge in [0.2, 0.25) is 0 Å². The minimum absolute atomic E-state index is 0.269. The molecule has 4 fully saturated rings. The van der Waals surface area contributed by atoms with Gasteiger partial charge >= 0.3 is 11.9 Å². The maximum absolute atomic E-state index is 11.6. The summed E-state index contributed by atoms with van der Waals surface area (Å²) in [4.78, 5) is 28.9. The Bertz CT molecular complexity index is 1590. The molecule has 4 aliphatic heterocycles. The molecule has 0 radical (unpaired) electrons. The van der Waals surface area contributed by atoms with Gasteiger partial charge in [-0.25, -0.2) is 9.59 Å². The van der Waals surface area contributed by atoms with E-state index in [4.69, 9.17) is 49.0 Å². The monoisotopic (exact) mass is 758 g/mol. The molecule has 286 valence electrons. The summed E-state index contributed by atoms with van der Waals surface area (Å²) >= 11 is 1.40. The van der Waals surface area contributed by atoms with E-state index in [9.17, 15) is 9.59 Å². The lowest BCUT2D eigenvalue weighted by Crippen LogP contribution is -2.61. The van der Waals surface area contributed by atoms with Crippen molar-refractivity contribution in [2.24, 2.45) is 10.2 Å². The van der Waals surface area contributed by atoms with Crippen LogP contribution in [0.3, 0.4) is 0 Å². The first-order valence-electron chi connectivity index (χ1n) is 16.7. The summed E-state index contributed by atoms with van der Waals surface area (Å²) in [5, 5.41) is 7.64. The molecule has 0 aliphatic carbocycles. The van der Waals surface area contributed by atoms with Gasteiger partial charge < -0.3 is 47.4 Å². The van der Waals surface area contributed by atoms with E-state index in [0.29, 0.717) is 13.2 Å². The fraction of sp³-hybridized carbons (Fsp3) is 0.588. The Balaban J connectivity index is 0.000000204. The molecular weight excluding hydrogens is 716 g/mol. The molecule has 0 bridgehead atoms. The second-order valence-electron chi connectivity index (χ2n) is 12.1. The van der Waals surface area contributed by atoms with Gasteiger partial charge in [0.25, 0.3) is 0 Å². The first-order valence-corrected chi connectivity index (χ1v) is 18.0. The second kappa shape index (κ2) is 19.9. The van der Waals surface area contributed by atoms with Crippen molar-refractivity contribution in [3.8, 4) is 0 Å². The summed E-state index contributed by atoms with van der Waals surface area (Å²) in [6.07, 6.45) is -3.00. The molecule has 0 N–H and O–H groups in total. The van der Waals surface area contributed by atoms with Crippen LogP contribution in [0, 0.1) is 0 Å².